The number of hydrogen-bond donors (Lipinski definition) is 6. The van der Waals surface area contributed by atoms with E-state index in [-0.39, 0.29) is 6.61 Å². The minimum atomic E-state index is -1.59. The summed E-state index contributed by atoms with van der Waals surface area (Å²) in [6.45, 7) is 1.14. The topological polar surface area (TPSA) is 168 Å². The average Bonchev–Trinajstić information content (AvgIpc) is 2.75. The van der Waals surface area contributed by atoms with Crippen molar-refractivity contribution in [3.8, 4) is 11.5 Å². The lowest BCUT2D eigenvalue weighted by atomic mass is 9.98. The van der Waals surface area contributed by atoms with Crippen LogP contribution < -0.4 is 9.47 Å². The van der Waals surface area contributed by atoms with Gasteiger partial charge in [-0.2, -0.15) is 0 Å². The largest absolute Gasteiger partial charge is 0.497 e. The fourth-order valence-electron chi connectivity index (χ4n) is 3.30. The van der Waals surface area contributed by atoms with Gasteiger partial charge in [0.15, 0.2) is 6.29 Å². The third kappa shape index (κ3) is 4.85. The molecule has 10 atom stereocenters. The van der Waals surface area contributed by atoms with Crippen molar-refractivity contribution >= 4 is 0 Å². The molecular weight excluding hydrogens is 404 g/mol. The van der Waals surface area contributed by atoms with Crippen molar-refractivity contribution in [1.82, 2.24) is 0 Å². The van der Waals surface area contributed by atoms with E-state index in [1.807, 2.05) is 0 Å². The second kappa shape index (κ2) is 9.73. The zero-order valence-electron chi connectivity index (χ0n) is 16.5. The fraction of sp³-hybridized carbons (Fsp3) is 0.684. The first-order valence-electron chi connectivity index (χ1n) is 9.54. The van der Waals surface area contributed by atoms with E-state index in [4.69, 9.17) is 23.7 Å². The smallest absolute Gasteiger partial charge is 0.229 e. The van der Waals surface area contributed by atoms with E-state index >= 15 is 0 Å². The molecule has 11 nitrogen and oxygen atoms in total. The van der Waals surface area contributed by atoms with E-state index in [0.717, 1.165) is 0 Å². The van der Waals surface area contributed by atoms with E-state index < -0.39 is 61.4 Å². The number of aliphatic hydroxyl groups excluding tert-OH is 6. The van der Waals surface area contributed by atoms with Gasteiger partial charge in [-0.3, -0.25) is 0 Å². The molecule has 11 heteroatoms. The van der Waals surface area contributed by atoms with Crippen molar-refractivity contribution in [1.29, 1.82) is 0 Å². The molecule has 0 aliphatic carbocycles. The SMILES string of the molecule is COc1cccc(O[C@@H]2O[C@H](CO[C@@H]3O[C@@H](C)[C@H](O)[C@@H](O)[C@H]3O)[C@@H](O)[C@H](O)[C@H]2O)c1. The first-order valence-corrected chi connectivity index (χ1v) is 9.54. The Bertz CT molecular complexity index is 688. The van der Waals surface area contributed by atoms with Crippen molar-refractivity contribution in [2.24, 2.45) is 0 Å². The fourth-order valence-corrected chi connectivity index (χ4v) is 3.30. The van der Waals surface area contributed by atoms with Gasteiger partial charge in [-0.05, 0) is 19.1 Å². The summed E-state index contributed by atoms with van der Waals surface area (Å²) >= 11 is 0. The molecule has 0 amide bonds. The standard InChI is InChI=1S/C19H28O11/c1-8-12(20)14(22)16(24)18(28-8)27-7-11-13(21)15(23)17(25)19(30-11)29-10-5-3-4-9(6-10)26-2/h3-6,8,11-25H,7H2,1-2H3/t8-,11+,12-,13+,14+,15-,16+,17+,18+,19+/m0/s1. The van der Waals surface area contributed by atoms with Gasteiger partial charge in [-0.25, -0.2) is 0 Å². The summed E-state index contributed by atoms with van der Waals surface area (Å²) < 4.78 is 27.0. The summed E-state index contributed by atoms with van der Waals surface area (Å²) in [5.74, 6) is 0.815. The molecule has 2 aliphatic rings. The monoisotopic (exact) mass is 432 g/mol. The van der Waals surface area contributed by atoms with Gasteiger partial charge in [0.1, 0.15) is 54.2 Å². The van der Waals surface area contributed by atoms with Crippen LogP contribution in [0.15, 0.2) is 24.3 Å². The Morgan fingerprint density at radius 3 is 2.13 bits per heavy atom. The van der Waals surface area contributed by atoms with Gasteiger partial charge in [0, 0.05) is 6.07 Å². The molecule has 1 aromatic carbocycles. The van der Waals surface area contributed by atoms with Crippen LogP contribution in [0.5, 0.6) is 11.5 Å². The molecule has 1 aromatic rings. The van der Waals surface area contributed by atoms with Gasteiger partial charge in [-0.1, -0.05) is 6.07 Å². The van der Waals surface area contributed by atoms with Gasteiger partial charge in [0.25, 0.3) is 0 Å². The van der Waals surface area contributed by atoms with Crippen LogP contribution in [0.2, 0.25) is 0 Å². The summed E-state index contributed by atoms with van der Waals surface area (Å²) in [5, 5.41) is 60.2. The molecule has 0 radical (unpaired) electrons. The van der Waals surface area contributed by atoms with Gasteiger partial charge >= 0.3 is 0 Å². The molecule has 0 spiro atoms. The van der Waals surface area contributed by atoms with Crippen LogP contribution in [0.25, 0.3) is 0 Å². The highest BCUT2D eigenvalue weighted by molar-refractivity contribution is 5.33. The molecule has 30 heavy (non-hydrogen) atoms. The molecule has 3 rings (SSSR count). The minimum absolute atomic E-state index is 0.304. The van der Waals surface area contributed by atoms with E-state index in [0.29, 0.717) is 11.5 Å². The van der Waals surface area contributed by atoms with E-state index in [2.05, 4.69) is 0 Å². The Hall–Kier alpha value is -1.54. The third-order valence-electron chi connectivity index (χ3n) is 5.20. The second-order valence-electron chi connectivity index (χ2n) is 7.33. The van der Waals surface area contributed by atoms with Crippen LogP contribution >= 0.6 is 0 Å². The molecule has 2 aliphatic heterocycles. The molecule has 0 saturated carbocycles. The number of ether oxygens (including phenoxy) is 5. The maximum Gasteiger partial charge on any atom is 0.229 e. The maximum absolute atomic E-state index is 10.2. The number of rotatable bonds is 6. The van der Waals surface area contributed by atoms with Crippen molar-refractivity contribution in [3.63, 3.8) is 0 Å². The number of methoxy groups -OCH3 is 1. The normalized spacial score (nSPS) is 42.0. The molecule has 2 fully saturated rings. The number of aliphatic hydroxyl groups is 6. The van der Waals surface area contributed by atoms with Gasteiger partial charge in [0.2, 0.25) is 6.29 Å². The summed E-state index contributed by atoms with van der Waals surface area (Å²) in [7, 11) is 1.48. The van der Waals surface area contributed by atoms with Crippen LogP contribution in [-0.2, 0) is 14.2 Å². The van der Waals surface area contributed by atoms with Crippen LogP contribution in [0.1, 0.15) is 6.92 Å². The first-order chi connectivity index (χ1) is 14.2. The lowest BCUT2D eigenvalue weighted by Gasteiger charge is -2.42. The second-order valence-corrected chi connectivity index (χ2v) is 7.33. The predicted molar refractivity (Wildman–Crippen MR) is 98.6 cm³/mol. The van der Waals surface area contributed by atoms with E-state index in [1.54, 1.807) is 24.3 Å². The molecule has 0 aromatic heterocycles. The van der Waals surface area contributed by atoms with Gasteiger partial charge < -0.3 is 54.3 Å². The Balaban J connectivity index is 1.64. The third-order valence-corrected chi connectivity index (χ3v) is 5.20. The first kappa shape index (κ1) is 23.1. The highest BCUT2D eigenvalue weighted by Gasteiger charge is 2.47. The highest BCUT2D eigenvalue weighted by atomic mass is 16.7. The Morgan fingerprint density at radius 2 is 1.43 bits per heavy atom. The summed E-state index contributed by atoms with van der Waals surface area (Å²) in [6.07, 6.45) is -13.5. The maximum atomic E-state index is 10.2. The van der Waals surface area contributed by atoms with Crippen LogP contribution in [0, 0.1) is 0 Å². The molecule has 0 unspecified atom stereocenters. The van der Waals surface area contributed by atoms with Crippen LogP contribution in [0.3, 0.4) is 0 Å². The molecule has 2 saturated heterocycles. The van der Waals surface area contributed by atoms with Crippen LogP contribution in [0.4, 0.5) is 0 Å². The van der Waals surface area contributed by atoms with Gasteiger partial charge in [0.05, 0.1) is 19.8 Å². The molecule has 170 valence electrons. The average molecular weight is 432 g/mol. The van der Waals surface area contributed by atoms with Gasteiger partial charge in [-0.15, -0.1) is 0 Å². The van der Waals surface area contributed by atoms with Crippen LogP contribution in [-0.4, -0.2) is 106 Å². The van der Waals surface area contributed by atoms with Crippen molar-refractivity contribution < 1.29 is 54.3 Å². The number of benzene rings is 1. The number of hydrogen-bond acceptors (Lipinski definition) is 11. The quantitative estimate of drug-likeness (QED) is 0.287. The Labute approximate surface area is 172 Å². The molecule has 0 bridgehead atoms. The molecule has 6 N–H and O–H groups in total. The zero-order chi connectivity index (χ0) is 22.0. The lowest BCUT2D eigenvalue weighted by molar-refractivity contribution is -0.318. The van der Waals surface area contributed by atoms with E-state index in [9.17, 15) is 30.6 Å². The summed E-state index contributed by atoms with van der Waals surface area (Å²) in [4.78, 5) is 0. The predicted octanol–water partition coefficient (Wildman–Crippen LogP) is -2.27. The zero-order valence-corrected chi connectivity index (χ0v) is 16.5. The summed E-state index contributed by atoms with van der Waals surface area (Å²) in [5.41, 5.74) is 0. The Kier molecular flexibility index (Phi) is 7.50. The van der Waals surface area contributed by atoms with Crippen molar-refractivity contribution in [2.75, 3.05) is 13.7 Å². The highest BCUT2D eigenvalue weighted by Crippen LogP contribution is 2.28. The van der Waals surface area contributed by atoms with Crippen molar-refractivity contribution in [2.45, 2.75) is 68.3 Å². The summed E-state index contributed by atoms with van der Waals surface area (Å²) in [6, 6.07) is 6.52. The van der Waals surface area contributed by atoms with E-state index in [1.165, 1.54) is 14.0 Å². The molecule has 2 heterocycles. The molecular formula is C19H28O11. The lowest BCUT2D eigenvalue weighted by Crippen LogP contribution is -2.61. The minimum Gasteiger partial charge on any atom is -0.497 e. The Morgan fingerprint density at radius 1 is 0.800 bits per heavy atom. The van der Waals surface area contributed by atoms with Crippen molar-refractivity contribution in [3.05, 3.63) is 24.3 Å².